The highest BCUT2D eigenvalue weighted by Crippen LogP contribution is 2.26. The number of hydrogen-bond donors (Lipinski definition) is 0. The lowest BCUT2D eigenvalue weighted by Gasteiger charge is -2.07. The molecule has 0 bridgehead atoms. The average molecular weight is 377 g/mol. The van der Waals surface area contributed by atoms with Gasteiger partial charge in [0, 0.05) is 11.6 Å². The van der Waals surface area contributed by atoms with Crippen molar-refractivity contribution in [2.24, 2.45) is 0 Å². The molecule has 0 aliphatic carbocycles. The second-order valence-electron chi connectivity index (χ2n) is 6.45. The van der Waals surface area contributed by atoms with Crippen LogP contribution in [0.1, 0.15) is 31.1 Å². The number of thioether (sulfide) groups is 1. The standard InChI is InChI=1S/C20H19N5OS/c1-14(2)15-8-10-17(11-9-15)25-20(21-23-24-25)27-13-18-12-19(22-26-18)16-6-4-3-5-7-16/h3-12,14H,13H2,1-2H3. The number of benzene rings is 2. The Morgan fingerprint density at radius 2 is 1.81 bits per heavy atom. The van der Waals surface area contributed by atoms with Crippen molar-refractivity contribution in [2.75, 3.05) is 0 Å². The minimum atomic E-state index is 0.493. The predicted octanol–water partition coefficient (Wildman–Crippen LogP) is 4.73. The van der Waals surface area contributed by atoms with E-state index in [1.165, 1.54) is 17.3 Å². The van der Waals surface area contributed by atoms with Gasteiger partial charge in [0.2, 0.25) is 5.16 Å². The molecule has 0 atom stereocenters. The molecule has 0 saturated carbocycles. The third-order valence-electron chi connectivity index (χ3n) is 4.22. The van der Waals surface area contributed by atoms with Gasteiger partial charge in [0.05, 0.1) is 11.4 Å². The van der Waals surface area contributed by atoms with Crippen molar-refractivity contribution < 1.29 is 4.52 Å². The summed E-state index contributed by atoms with van der Waals surface area (Å²) in [5.41, 5.74) is 4.09. The molecule has 2 aromatic heterocycles. The van der Waals surface area contributed by atoms with Crippen LogP contribution in [0, 0.1) is 0 Å². The van der Waals surface area contributed by atoms with Gasteiger partial charge in [-0.1, -0.05) is 73.2 Å². The number of rotatable bonds is 6. The van der Waals surface area contributed by atoms with Gasteiger partial charge in [0.15, 0.2) is 0 Å². The molecule has 0 saturated heterocycles. The minimum absolute atomic E-state index is 0.493. The summed E-state index contributed by atoms with van der Waals surface area (Å²) in [6.07, 6.45) is 0. The van der Waals surface area contributed by atoms with Crippen molar-refractivity contribution in [1.82, 2.24) is 25.4 Å². The molecule has 0 aliphatic heterocycles. The molecule has 0 fully saturated rings. The largest absolute Gasteiger partial charge is 0.360 e. The molecule has 0 unspecified atom stereocenters. The van der Waals surface area contributed by atoms with Gasteiger partial charge in [0.1, 0.15) is 11.5 Å². The van der Waals surface area contributed by atoms with Gasteiger partial charge in [-0.05, 0) is 34.0 Å². The Balaban J connectivity index is 1.47. The predicted molar refractivity (Wildman–Crippen MR) is 105 cm³/mol. The zero-order chi connectivity index (χ0) is 18.6. The second kappa shape index (κ2) is 7.75. The first kappa shape index (κ1) is 17.5. The Morgan fingerprint density at radius 3 is 2.56 bits per heavy atom. The van der Waals surface area contributed by atoms with Crippen molar-refractivity contribution in [3.05, 3.63) is 72.0 Å². The number of aromatic nitrogens is 5. The monoisotopic (exact) mass is 377 g/mol. The van der Waals surface area contributed by atoms with E-state index in [-0.39, 0.29) is 0 Å². The highest BCUT2D eigenvalue weighted by atomic mass is 32.2. The van der Waals surface area contributed by atoms with Gasteiger partial charge in [-0.2, -0.15) is 4.68 Å². The van der Waals surface area contributed by atoms with E-state index >= 15 is 0 Å². The molecular formula is C20H19N5OS. The minimum Gasteiger partial charge on any atom is -0.360 e. The van der Waals surface area contributed by atoms with Gasteiger partial charge in [-0.3, -0.25) is 0 Å². The molecule has 2 aromatic carbocycles. The number of tetrazole rings is 1. The normalized spacial score (nSPS) is 11.2. The lowest BCUT2D eigenvalue weighted by Crippen LogP contribution is -1.99. The van der Waals surface area contributed by atoms with Crippen LogP contribution in [-0.2, 0) is 5.75 Å². The fraction of sp³-hybridized carbons (Fsp3) is 0.200. The molecular weight excluding hydrogens is 358 g/mol. The summed E-state index contributed by atoms with van der Waals surface area (Å²) in [6.45, 7) is 4.35. The van der Waals surface area contributed by atoms with Crippen molar-refractivity contribution in [2.45, 2.75) is 30.7 Å². The molecule has 27 heavy (non-hydrogen) atoms. The third-order valence-corrected chi connectivity index (χ3v) is 5.16. The summed E-state index contributed by atoms with van der Waals surface area (Å²) in [7, 11) is 0. The fourth-order valence-corrected chi connectivity index (χ4v) is 3.46. The first-order valence-corrected chi connectivity index (χ1v) is 9.72. The van der Waals surface area contributed by atoms with Crippen LogP contribution in [0.15, 0.2) is 70.3 Å². The zero-order valence-corrected chi connectivity index (χ0v) is 15.9. The molecule has 7 heteroatoms. The molecule has 0 spiro atoms. The van der Waals surface area contributed by atoms with Crippen molar-refractivity contribution in [1.29, 1.82) is 0 Å². The van der Waals surface area contributed by atoms with Crippen LogP contribution in [0.25, 0.3) is 16.9 Å². The highest BCUT2D eigenvalue weighted by molar-refractivity contribution is 7.98. The van der Waals surface area contributed by atoms with Crippen molar-refractivity contribution >= 4 is 11.8 Å². The Bertz CT molecular complexity index is 1010. The van der Waals surface area contributed by atoms with E-state index in [1.54, 1.807) is 4.68 Å². The smallest absolute Gasteiger partial charge is 0.214 e. The van der Waals surface area contributed by atoms with Gasteiger partial charge in [0.25, 0.3) is 0 Å². The number of nitrogens with zero attached hydrogens (tertiary/aromatic N) is 5. The van der Waals surface area contributed by atoms with Crippen LogP contribution < -0.4 is 0 Å². The molecule has 0 N–H and O–H groups in total. The summed E-state index contributed by atoms with van der Waals surface area (Å²) in [6, 6.07) is 20.2. The topological polar surface area (TPSA) is 69.6 Å². The molecule has 0 aliphatic rings. The van der Waals surface area contributed by atoms with Gasteiger partial charge < -0.3 is 4.52 Å². The summed E-state index contributed by atoms with van der Waals surface area (Å²) in [5.74, 6) is 1.88. The SMILES string of the molecule is CC(C)c1ccc(-n2nnnc2SCc2cc(-c3ccccc3)no2)cc1. The maximum absolute atomic E-state index is 5.46. The first-order valence-electron chi connectivity index (χ1n) is 8.73. The summed E-state index contributed by atoms with van der Waals surface area (Å²) >= 11 is 1.51. The summed E-state index contributed by atoms with van der Waals surface area (Å²) in [5, 5.41) is 16.9. The molecule has 6 nitrogen and oxygen atoms in total. The van der Waals surface area contributed by atoms with Crippen molar-refractivity contribution in [3.63, 3.8) is 0 Å². The lowest BCUT2D eigenvalue weighted by atomic mass is 10.0. The second-order valence-corrected chi connectivity index (χ2v) is 7.40. The third kappa shape index (κ3) is 3.93. The molecule has 4 aromatic rings. The Kier molecular flexibility index (Phi) is 5.02. The maximum atomic E-state index is 5.46. The van der Waals surface area contributed by atoms with Crippen molar-refractivity contribution in [3.8, 4) is 16.9 Å². The molecule has 4 rings (SSSR count). The van der Waals surface area contributed by atoms with E-state index in [0.29, 0.717) is 16.8 Å². The van der Waals surface area contributed by atoms with E-state index in [4.69, 9.17) is 4.52 Å². The Morgan fingerprint density at radius 1 is 1.04 bits per heavy atom. The molecule has 136 valence electrons. The van der Waals surface area contributed by atoms with Crippen LogP contribution >= 0.6 is 11.8 Å². The van der Waals surface area contributed by atoms with Gasteiger partial charge in [-0.15, -0.1) is 5.10 Å². The highest BCUT2D eigenvalue weighted by Gasteiger charge is 2.12. The van der Waals surface area contributed by atoms with Crippen LogP contribution in [0.2, 0.25) is 0 Å². The summed E-state index contributed by atoms with van der Waals surface area (Å²) in [4.78, 5) is 0. The van der Waals surface area contributed by atoms with E-state index in [1.807, 2.05) is 48.5 Å². The first-order chi connectivity index (χ1) is 13.2. The van der Waals surface area contributed by atoms with Crippen LogP contribution in [0.4, 0.5) is 0 Å². The van der Waals surface area contributed by atoms with Crippen LogP contribution in [-0.4, -0.2) is 25.4 Å². The number of hydrogen-bond acceptors (Lipinski definition) is 6. The Hall–Kier alpha value is -2.93. The van der Waals surface area contributed by atoms with E-state index < -0.39 is 0 Å². The summed E-state index contributed by atoms with van der Waals surface area (Å²) < 4.78 is 7.20. The van der Waals surface area contributed by atoms with E-state index in [2.05, 4.69) is 46.7 Å². The van der Waals surface area contributed by atoms with Crippen LogP contribution in [0.5, 0.6) is 0 Å². The molecule has 0 radical (unpaired) electrons. The average Bonchev–Trinajstić information content (AvgIpc) is 3.36. The van der Waals surface area contributed by atoms with Gasteiger partial charge >= 0.3 is 0 Å². The van der Waals surface area contributed by atoms with E-state index in [9.17, 15) is 0 Å². The quantitative estimate of drug-likeness (QED) is 0.452. The van der Waals surface area contributed by atoms with Crippen LogP contribution in [0.3, 0.4) is 0 Å². The maximum Gasteiger partial charge on any atom is 0.214 e. The van der Waals surface area contributed by atoms with E-state index in [0.717, 1.165) is 22.7 Å². The fourth-order valence-electron chi connectivity index (χ4n) is 2.69. The van der Waals surface area contributed by atoms with Gasteiger partial charge in [-0.25, -0.2) is 0 Å². The lowest BCUT2D eigenvalue weighted by molar-refractivity contribution is 0.397. The molecule has 2 heterocycles. The molecule has 0 amide bonds. The zero-order valence-electron chi connectivity index (χ0n) is 15.1. The Labute approximate surface area is 161 Å².